The SMILES string of the molecule is CC/C=C\C/C=C\C/C=C\C/C=C\CCCCC(=O)OCC(COC(=O)CCCCCCCCCCCCCCCCCCCCCCCCCCCCCC)OC(=O)CCCCCCC/C=C\CCCCCCCCC. The van der Waals surface area contributed by atoms with E-state index in [0.29, 0.717) is 19.3 Å². The van der Waals surface area contributed by atoms with Crippen molar-refractivity contribution in [3.63, 3.8) is 0 Å². The Bertz CT molecular complexity index is 1380. The molecule has 0 saturated carbocycles. The summed E-state index contributed by atoms with van der Waals surface area (Å²) in [4.78, 5) is 38.3. The first-order valence-electron chi connectivity index (χ1n) is 33.8. The van der Waals surface area contributed by atoms with E-state index in [1.165, 1.54) is 218 Å². The maximum atomic E-state index is 12.9. The topological polar surface area (TPSA) is 78.9 Å². The molecule has 1 atom stereocenters. The minimum absolute atomic E-state index is 0.0876. The number of hydrogen-bond donors (Lipinski definition) is 0. The van der Waals surface area contributed by atoms with E-state index in [1.54, 1.807) is 0 Å². The van der Waals surface area contributed by atoms with Crippen LogP contribution in [0.3, 0.4) is 0 Å². The van der Waals surface area contributed by atoms with Crippen LogP contribution in [0.1, 0.15) is 355 Å². The van der Waals surface area contributed by atoms with Gasteiger partial charge in [0.2, 0.25) is 0 Å². The van der Waals surface area contributed by atoms with E-state index in [-0.39, 0.29) is 31.1 Å². The Morgan fingerprint density at radius 3 is 0.831 bits per heavy atom. The molecule has 0 fully saturated rings. The molecule has 0 heterocycles. The fourth-order valence-corrected chi connectivity index (χ4v) is 9.96. The molecule has 6 heteroatoms. The summed E-state index contributed by atoms with van der Waals surface area (Å²) in [6.07, 6.45) is 84.0. The lowest BCUT2D eigenvalue weighted by Gasteiger charge is -2.18. The molecule has 0 saturated heterocycles. The first kappa shape index (κ1) is 74.1. The molecule has 0 aromatic carbocycles. The molecule has 0 aromatic rings. The fourth-order valence-electron chi connectivity index (χ4n) is 9.96. The van der Waals surface area contributed by atoms with Gasteiger partial charge in [-0.3, -0.25) is 14.4 Å². The van der Waals surface area contributed by atoms with Gasteiger partial charge in [0, 0.05) is 19.3 Å². The molecule has 0 aromatic heterocycles. The summed E-state index contributed by atoms with van der Waals surface area (Å²) in [6, 6.07) is 0. The molecule has 1 unspecified atom stereocenters. The van der Waals surface area contributed by atoms with Crippen LogP contribution in [0.2, 0.25) is 0 Å². The molecule has 0 amide bonds. The van der Waals surface area contributed by atoms with Gasteiger partial charge in [0.15, 0.2) is 6.10 Å². The van der Waals surface area contributed by atoms with Gasteiger partial charge >= 0.3 is 17.9 Å². The molecule has 77 heavy (non-hydrogen) atoms. The number of esters is 3. The Balaban J connectivity index is 4.24. The summed E-state index contributed by atoms with van der Waals surface area (Å²) >= 11 is 0. The van der Waals surface area contributed by atoms with Gasteiger partial charge in [-0.1, -0.05) is 313 Å². The lowest BCUT2D eigenvalue weighted by molar-refractivity contribution is -0.167. The summed E-state index contributed by atoms with van der Waals surface area (Å²) < 4.78 is 16.9. The molecular formula is C71H128O6. The second-order valence-corrected chi connectivity index (χ2v) is 22.7. The van der Waals surface area contributed by atoms with Crippen molar-refractivity contribution >= 4 is 17.9 Å². The molecule has 0 aliphatic rings. The standard InChI is InChI=1S/C71H128O6/c1-4-7-10-13-16-19-22-25-28-30-31-32-33-34-35-36-37-38-39-40-41-44-46-49-52-55-58-61-64-70(73)76-67-68(66-75-69(72)63-60-57-54-51-48-45-42-27-24-21-18-15-12-9-6-3)77-71(74)65-62-59-56-53-50-47-43-29-26-23-20-17-14-11-8-5-2/h9,12,18,21,27,29,42-43,48,51,68H,4-8,10-11,13-17,19-20,22-26,28,30-41,44-47,49-50,52-67H2,1-3H3/b12-9-,21-18-,42-27-,43-29-,51-48-. The highest BCUT2D eigenvalue weighted by Crippen LogP contribution is 2.18. The summed E-state index contributed by atoms with van der Waals surface area (Å²) in [5.74, 6) is -0.921. The lowest BCUT2D eigenvalue weighted by Crippen LogP contribution is -2.30. The Hall–Kier alpha value is -2.89. The zero-order valence-corrected chi connectivity index (χ0v) is 51.5. The Morgan fingerprint density at radius 1 is 0.273 bits per heavy atom. The average molecular weight is 1080 g/mol. The van der Waals surface area contributed by atoms with Crippen LogP contribution in [-0.4, -0.2) is 37.2 Å². The van der Waals surface area contributed by atoms with Crippen LogP contribution in [0, 0.1) is 0 Å². The second-order valence-electron chi connectivity index (χ2n) is 22.7. The third-order valence-corrected chi connectivity index (χ3v) is 15.0. The van der Waals surface area contributed by atoms with Gasteiger partial charge in [-0.05, 0) is 83.5 Å². The molecule has 0 N–H and O–H groups in total. The fraction of sp³-hybridized carbons (Fsp3) is 0.817. The molecule has 0 bridgehead atoms. The van der Waals surface area contributed by atoms with E-state index in [2.05, 4.69) is 81.5 Å². The van der Waals surface area contributed by atoms with Crippen LogP contribution in [0.15, 0.2) is 60.8 Å². The summed E-state index contributed by atoms with van der Waals surface area (Å²) in [7, 11) is 0. The van der Waals surface area contributed by atoms with Crippen molar-refractivity contribution in [1.29, 1.82) is 0 Å². The second kappa shape index (κ2) is 65.6. The van der Waals surface area contributed by atoms with E-state index in [1.807, 2.05) is 0 Å². The first-order valence-corrected chi connectivity index (χ1v) is 33.8. The van der Waals surface area contributed by atoms with Crippen molar-refractivity contribution in [2.45, 2.75) is 361 Å². The first-order chi connectivity index (χ1) is 38.0. The number of hydrogen-bond acceptors (Lipinski definition) is 6. The molecule has 448 valence electrons. The molecule has 0 spiro atoms. The van der Waals surface area contributed by atoms with Crippen molar-refractivity contribution in [1.82, 2.24) is 0 Å². The summed E-state index contributed by atoms with van der Waals surface area (Å²) in [5, 5.41) is 0. The normalized spacial score (nSPS) is 12.4. The largest absolute Gasteiger partial charge is 0.462 e. The van der Waals surface area contributed by atoms with Gasteiger partial charge < -0.3 is 14.2 Å². The molecular weight excluding hydrogens is 949 g/mol. The molecule has 0 rings (SSSR count). The zero-order valence-electron chi connectivity index (χ0n) is 51.5. The smallest absolute Gasteiger partial charge is 0.306 e. The predicted molar refractivity (Wildman–Crippen MR) is 335 cm³/mol. The van der Waals surface area contributed by atoms with Crippen molar-refractivity contribution in [3.8, 4) is 0 Å². The van der Waals surface area contributed by atoms with E-state index < -0.39 is 6.10 Å². The van der Waals surface area contributed by atoms with E-state index >= 15 is 0 Å². The Labute approximate surface area is 479 Å². The van der Waals surface area contributed by atoms with Crippen LogP contribution in [0.5, 0.6) is 0 Å². The number of carbonyl (C=O) groups excluding carboxylic acids is 3. The van der Waals surface area contributed by atoms with Crippen LogP contribution in [0.25, 0.3) is 0 Å². The van der Waals surface area contributed by atoms with Gasteiger partial charge in [0.05, 0.1) is 0 Å². The highest BCUT2D eigenvalue weighted by atomic mass is 16.6. The third-order valence-electron chi connectivity index (χ3n) is 15.0. The van der Waals surface area contributed by atoms with E-state index in [4.69, 9.17) is 14.2 Å². The zero-order chi connectivity index (χ0) is 55.7. The highest BCUT2D eigenvalue weighted by Gasteiger charge is 2.19. The molecule has 6 nitrogen and oxygen atoms in total. The van der Waals surface area contributed by atoms with Crippen molar-refractivity contribution in [2.75, 3.05) is 13.2 Å². The van der Waals surface area contributed by atoms with Crippen LogP contribution >= 0.6 is 0 Å². The van der Waals surface area contributed by atoms with Gasteiger partial charge in [0.1, 0.15) is 13.2 Å². The molecule has 0 radical (unpaired) electrons. The summed E-state index contributed by atoms with van der Waals surface area (Å²) in [5.41, 5.74) is 0. The number of allylic oxidation sites excluding steroid dienone is 10. The predicted octanol–water partition coefficient (Wildman–Crippen LogP) is 23.1. The maximum Gasteiger partial charge on any atom is 0.306 e. The van der Waals surface area contributed by atoms with Gasteiger partial charge in [0.25, 0.3) is 0 Å². The van der Waals surface area contributed by atoms with Crippen LogP contribution in [-0.2, 0) is 28.6 Å². The number of ether oxygens (including phenoxy) is 3. The highest BCUT2D eigenvalue weighted by molar-refractivity contribution is 5.71. The lowest BCUT2D eigenvalue weighted by atomic mass is 10.0. The van der Waals surface area contributed by atoms with Gasteiger partial charge in [-0.15, -0.1) is 0 Å². The van der Waals surface area contributed by atoms with Crippen molar-refractivity contribution in [2.24, 2.45) is 0 Å². The number of rotatable bonds is 62. The van der Waals surface area contributed by atoms with E-state index in [9.17, 15) is 14.4 Å². The monoisotopic (exact) mass is 1080 g/mol. The minimum Gasteiger partial charge on any atom is -0.462 e. The minimum atomic E-state index is -0.795. The van der Waals surface area contributed by atoms with Crippen molar-refractivity contribution in [3.05, 3.63) is 60.8 Å². The van der Waals surface area contributed by atoms with Crippen LogP contribution in [0.4, 0.5) is 0 Å². The average Bonchev–Trinajstić information content (AvgIpc) is 3.43. The maximum absolute atomic E-state index is 12.9. The quantitative estimate of drug-likeness (QED) is 0.0261. The molecule has 0 aliphatic carbocycles. The summed E-state index contributed by atoms with van der Waals surface area (Å²) in [6.45, 7) is 6.53. The van der Waals surface area contributed by atoms with Gasteiger partial charge in [-0.25, -0.2) is 0 Å². The number of unbranched alkanes of at least 4 members (excludes halogenated alkanes) is 41. The Kier molecular flexibility index (Phi) is 63.2. The third kappa shape index (κ3) is 63.8. The van der Waals surface area contributed by atoms with Crippen molar-refractivity contribution < 1.29 is 28.6 Å². The number of carbonyl (C=O) groups is 3. The molecule has 0 aliphatic heterocycles. The van der Waals surface area contributed by atoms with Gasteiger partial charge in [-0.2, -0.15) is 0 Å². The van der Waals surface area contributed by atoms with E-state index in [0.717, 1.165) is 96.3 Å². The Morgan fingerprint density at radius 2 is 0.506 bits per heavy atom. The van der Waals surface area contributed by atoms with Crippen LogP contribution < -0.4 is 0 Å².